The normalized spacial score (nSPS) is 12.9. The van der Waals surface area contributed by atoms with E-state index in [4.69, 9.17) is 0 Å². The van der Waals surface area contributed by atoms with Crippen LogP contribution < -0.4 is 5.32 Å². The minimum Gasteiger partial charge on any atom is -0.363 e. The molecule has 0 saturated heterocycles. The van der Waals surface area contributed by atoms with E-state index in [9.17, 15) is 0 Å². The molecule has 116 valence electrons. The quantitative estimate of drug-likeness (QED) is 0.846. The Morgan fingerprint density at radius 3 is 2.71 bits per heavy atom. The van der Waals surface area contributed by atoms with Gasteiger partial charge < -0.3 is 5.32 Å². The molecule has 0 amide bonds. The van der Waals surface area contributed by atoms with E-state index in [1.807, 2.05) is 6.20 Å². The minimum absolute atomic E-state index is 0.428. The third-order valence-electron chi connectivity index (χ3n) is 3.73. The van der Waals surface area contributed by atoms with Crippen LogP contribution in [0.1, 0.15) is 51.5 Å². The van der Waals surface area contributed by atoms with Crippen molar-refractivity contribution >= 4 is 5.82 Å². The van der Waals surface area contributed by atoms with Gasteiger partial charge in [-0.2, -0.15) is 10.2 Å². The second kappa shape index (κ2) is 6.78. The number of hydrogen-bond acceptors (Lipinski definition) is 3. The zero-order valence-corrected chi connectivity index (χ0v) is 13.8. The van der Waals surface area contributed by atoms with Gasteiger partial charge in [-0.25, -0.2) is 0 Å². The van der Waals surface area contributed by atoms with Crippen LogP contribution in [0.4, 0.5) is 5.82 Å². The third-order valence-corrected chi connectivity index (χ3v) is 3.73. The molecular formula is C16H27N5. The van der Waals surface area contributed by atoms with E-state index < -0.39 is 0 Å². The predicted molar refractivity (Wildman–Crippen MR) is 86.4 cm³/mol. The van der Waals surface area contributed by atoms with Gasteiger partial charge in [-0.05, 0) is 32.3 Å². The van der Waals surface area contributed by atoms with E-state index in [1.54, 1.807) is 0 Å². The van der Waals surface area contributed by atoms with E-state index >= 15 is 0 Å². The number of nitrogens with zero attached hydrogens (tertiary/aromatic N) is 4. The summed E-state index contributed by atoms with van der Waals surface area (Å²) in [6.07, 6.45) is 2.95. The van der Waals surface area contributed by atoms with Gasteiger partial charge >= 0.3 is 0 Å². The maximum atomic E-state index is 4.62. The fourth-order valence-corrected chi connectivity index (χ4v) is 2.36. The highest BCUT2D eigenvalue weighted by Crippen LogP contribution is 2.15. The van der Waals surface area contributed by atoms with E-state index in [0.29, 0.717) is 12.0 Å². The summed E-state index contributed by atoms with van der Waals surface area (Å²) in [6.45, 7) is 12.6. The van der Waals surface area contributed by atoms with Crippen LogP contribution in [0.25, 0.3) is 0 Å². The molecule has 2 aromatic heterocycles. The second-order valence-corrected chi connectivity index (χ2v) is 6.12. The maximum Gasteiger partial charge on any atom is 0.148 e. The van der Waals surface area contributed by atoms with Crippen LogP contribution in [-0.2, 0) is 13.1 Å². The van der Waals surface area contributed by atoms with Crippen LogP contribution in [0.2, 0.25) is 0 Å². The van der Waals surface area contributed by atoms with Gasteiger partial charge in [0.1, 0.15) is 5.82 Å². The summed E-state index contributed by atoms with van der Waals surface area (Å²) >= 11 is 0. The first-order valence-electron chi connectivity index (χ1n) is 7.82. The molecular weight excluding hydrogens is 262 g/mol. The average molecular weight is 289 g/mol. The molecule has 5 heteroatoms. The highest BCUT2D eigenvalue weighted by Gasteiger charge is 2.10. The SMILES string of the molecule is CC[C@H](C)n1nccc1CNc1cc(C)n(CC(C)C)n1. The molecule has 1 N–H and O–H groups in total. The number of anilines is 1. The highest BCUT2D eigenvalue weighted by molar-refractivity contribution is 5.36. The fraction of sp³-hybridized carbons (Fsp3) is 0.625. The van der Waals surface area contributed by atoms with Crippen molar-refractivity contribution in [2.24, 2.45) is 5.92 Å². The van der Waals surface area contributed by atoms with Crippen LogP contribution >= 0.6 is 0 Å². The molecule has 0 saturated carbocycles. The number of nitrogens with one attached hydrogen (secondary N) is 1. The molecule has 0 aliphatic rings. The molecule has 2 aromatic rings. The zero-order valence-electron chi connectivity index (χ0n) is 13.8. The highest BCUT2D eigenvalue weighted by atomic mass is 15.3. The maximum absolute atomic E-state index is 4.62. The fourth-order valence-electron chi connectivity index (χ4n) is 2.36. The molecule has 0 spiro atoms. The Kier molecular flexibility index (Phi) is 5.04. The molecule has 0 fully saturated rings. The van der Waals surface area contributed by atoms with Crippen molar-refractivity contribution in [1.82, 2.24) is 19.6 Å². The smallest absolute Gasteiger partial charge is 0.148 e. The van der Waals surface area contributed by atoms with Crippen LogP contribution in [-0.4, -0.2) is 19.6 Å². The Morgan fingerprint density at radius 1 is 1.29 bits per heavy atom. The van der Waals surface area contributed by atoms with Crippen LogP contribution in [0.3, 0.4) is 0 Å². The molecule has 0 aliphatic carbocycles. The van der Waals surface area contributed by atoms with Crippen molar-refractivity contribution in [1.29, 1.82) is 0 Å². The van der Waals surface area contributed by atoms with Crippen molar-refractivity contribution in [2.45, 2.75) is 60.2 Å². The van der Waals surface area contributed by atoms with Gasteiger partial charge in [0.25, 0.3) is 0 Å². The molecule has 21 heavy (non-hydrogen) atoms. The largest absolute Gasteiger partial charge is 0.363 e. The first-order chi connectivity index (χ1) is 10.0. The molecule has 2 rings (SSSR count). The van der Waals surface area contributed by atoms with Gasteiger partial charge in [-0.3, -0.25) is 9.36 Å². The van der Waals surface area contributed by atoms with Crippen molar-refractivity contribution in [3.8, 4) is 0 Å². The van der Waals surface area contributed by atoms with Gasteiger partial charge in [0.2, 0.25) is 0 Å². The number of aryl methyl sites for hydroxylation is 1. The lowest BCUT2D eigenvalue weighted by atomic mass is 10.2. The van der Waals surface area contributed by atoms with E-state index in [0.717, 1.165) is 25.3 Å². The molecule has 0 aliphatic heterocycles. The number of rotatable bonds is 7. The van der Waals surface area contributed by atoms with Gasteiger partial charge in [0.15, 0.2) is 0 Å². The van der Waals surface area contributed by atoms with Crippen molar-refractivity contribution < 1.29 is 0 Å². The van der Waals surface area contributed by atoms with Crippen LogP contribution in [0, 0.1) is 12.8 Å². The van der Waals surface area contributed by atoms with Gasteiger partial charge in [-0.15, -0.1) is 0 Å². The summed E-state index contributed by atoms with van der Waals surface area (Å²) < 4.78 is 4.16. The Labute approximate surface area is 127 Å². The molecule has 0 bridgehead atoms. The molecule has 1 atom stereocenters. The summed E-state index contributed by atoms with van der Waals surface area (Å²) in [7, 11) is 0. The Morgan fingerprint density at radius 2 is 2.05 bits per heavy atom. The molecule has 0 aromatic carbocycles. The topological polar surface area (TPSA) is 47.7 Å². The van der Waals surface area contributed by atoms with Crippen molar-refractivity contribution in [3.05, 3.63) is 29.7 Å². The summed E-state index contributed by atoms with van der Waals surface area (Å²) in [5.74, 6) is 1.54. The Balaban J connectivity index is 2.02. The van der Waals surface area contributed by atoms with Crippen molar-refractivity contribution in [3.63, 3.8) is 0 Å². The molecule has 0 radical (unpaired) electrons. The predicted octanol–water partition coefficient (Wildman–Crippen LogP) is 3.63. The van der Waals surface area contributed by atoms with Gasteiger partial charge in [0.05, 0.1) is 12.2 Å². The lowest BCUT2D eigenvalue weighted by Crippen LogP contribution is -2.13. The lowest BCUT2D eigenvalue weighted by Gasteiger charge is -2.14. The summed E-state index contributed by atoms with van der Waals surface area (Å²) in [5, 5.41) is 12.4. The van der Waals surface area contributed by atoms with E-state index in [-0.39, 0.29) is 0 Å². The van der Waals surface area contributed by atoms with Crippen LogP contribution in [0.15, 0.2) is 18.3 Å². The summed E-state index contributed by atoms with van der Waals surface area (Å²) in [5.41, 5.74) is 2.39. The van der Waals surface area contributed by atoms with E-state index in [1.165, 1.54) is 11.4 Å². The lowest BCUT2D eigenvalue weighted by molar-refractivity contribution is 0.462. The first-order valence-corrected chi connectivity index (χ1v) is 7.82. The molecule has 2 heterocycles. The standard InChI is InChI=1S/C16H27N5/c1-6-13(4)21-15(7-8-18-21)10-17-16-9-14(5)20(19-16)11-12(2)3/h7-9,12-13H,6,10-11H2,1-5H3,(H,17,19)/t13-/m0/s1. The summed E-state index contributed by atoms with van der Waals surface area (Å²) in [4.78, 5) is 0. The molecule has 5 nitrogen and oxygen atoms in total. The first kappa shape index (κ1) is 15.6. The van der Waals surface area contributed by atoms with Gasteiger partial charge in [-0.1, -0.05) is 20.8 Å². The summed E-state index contributed by atoms with van der Waals surface area (Å²) in [6, 6.07) is 4.60. The average Bonchev–Trinajstić information content (AvgIpc) is 3.02. The third kappa shape index (κ3) is 3.86. The zero-order chi connectivity index (χ0) is 15.4. The second-order valence-electron chi connectivity index (χ2n) is 6.12. The van der Waals surface area contributed by atoms with Crippen LogP contribution in [0.5, 0.6) is 0 Å². The minimum atomic E-state index is 0.428. The monoisotopic (exact) mass is 289 g/mol. The van der Waals surface area contributed by atoms with Crippen molar-refractivity contribution in [2.75, 3.05) is 5.32 Å². The number of hydrogen-bond donors (Lipinski definition) is 1. The van der Waals surface area contributed by atoms with E-state index in [2.05, 4.69) is 71.6 Å². The Hall–Kier alpha value is -1.78. The molecule has 0 unspecified atom stereocenters. The van der Waals surface area contributed by atoms with Gasteiger partial charge in [0, 0.05) is 30.5 Å². The Bertz CT molecular complexity index is 567. The number of aromatic nitrogens is 4.